The molecule has 1 aromatic rings. The maximum absolute atomic E-state index is 13.1. The Kier molecular flexibility index (Phi) is 6.66. The molecule has 2 saturated heterocycles. The molecular weight excluding hydrogens is 372 g/mol. The average Bonchev–Trinajstić information content (AvgIpc) is 2.63. The molecule has 0 spiro atoms. The fraction of sp³-hybridized carbons (Fsp3) is 0.611. The number of amides is 1. The molecule has 2 aliphatic rings. The van der Waals surface area contributed by atoms with Crippen LogP contribution in [0.15, 0.2) is 28.7 Å². The van der Waals surface area contributed by atoms with E-state index in [0.717, 1.165) is 75.5 Å². The average molecular weight is 397 g/mol. The molecule has 1 amide bonds. The number of ether oxygens (including phenoxy) is 2. The summed E-state index contributed by atoms with van der Waals surface area (Å²) in [4.78, 5) is 17.5. The molecule has 0 bridgehead atoms. The number of halogens is 1. The van der Waals surface area contributed by atoms with E-state index in [1.807, 2.05) is 24.3 Å². The third-order valence-electron chi connectivity index (χ3n) is 4.72. The Bertz CT molecular complexity index is 543. The van der Waals surface area contributed by atoms with Gasteiger partial charge in [0.2, 0.25) is 0 Å². The Morgan fingerprint density at radius 2 is 1.88 bits per heavy atom. The van der Waals surface area contributed by atoms with Crippen LogP contribution in [0.1, 0.15) is 23.2 Å². The summed E-state index contributed by atoms with van der Waals surface area (Å²) in [5, 5.41) is 0. The Morgan fingerprint density at radius 3 is 2.58 bits per heavy atom. The minimum Gasteiger partial charge on any atom is -0.381 e. The van der Waals surface area contributed by atoms with Crippen molar-refractivity contribution in [1.29, 1.82) is 0 Å². The van der Waals surface area contributed by atoms with Crippen LogP contribution in [0.2, 0.25) is 0 Å². The molecule has 0 unspecified atom stereocenters. The van der Waals surface area contributed by atoms with Crippen LogP contribution in [0.4, 0.5) is 0 Å². The van der Waals surface area contributed by atoms with E-state index in [1.54, 1.807) is 0 Å². The van der Waals surface area contributed by atoms with E-state index in [-0.39, 0.29) is 11.9 Å². The number of hydrogen-bond donors (Lipinski definition) is 0. The molecule has 0 saturated carbocycles. The molecule has 0 radical (unpaired) electrons. The van der Waals surface area contributed by atoms with Crippen LogP contribution >= 0.6 is 15.9 Å². The van der Waals surface area contributed by atoms with E-state index in [0.29, 0.717) is 0 Å². The molecule has 1 aromatic carbocycles. The Hall–Kier alpha value is -0.950. The maximum atomic E-state index is 13.1. The lowest BCUT2D eigenvalue weighted by Crippen LogP contribution is -2.48. The van der Waals surface area contributed by atoms with Crippen molar-refractivity contribution in [2.24, 2.45) is 0 Å². The van der Waals surface area contributed by atoms with Crippen LogP contribution in [0.25, 0.3) is 0 Å². The standard InChI is InChI=1S/C18H25BrN2O3/c19-16-3-1-2-15(14-16)18(22)21(17-4-10-23-11-5-17)7-6-20-8-12-24-13-9-20/h1-3,14,17H,4-13H2. The second-order valence-corrected chi connectivity index (χ2v) is 7.22. The summed E-state index contributed by atoms with van der Waals surface area (Å²) >= 11 is 3.46. The van der Waals surface area contributed by atoms with E-state index in [2.05, 4.69) is 25.7 Å². The predicted molar refractivity (Wildman–Crippen MR) is 96.3 cm³/mol. The van der Waals surface area contributed by atoms with Gasteiger partial charge in [-0.3, -0.25) is 9.69 Å². The van der Waals surface area contributed by atoms with Crippen LogP contribution in [-0.4, -0.2) is 74.4 Å². The molecule has 3 rings (SSSR count). The number of hydrogen-bond acceptors (Lipinski definition) is 4. The number of nitrogens with zero attached hydrogens (tertiary/aromatic N) is 2. The minimum atomic E-state index is 0.122. The van der Waals surface area contributed by atoms with Crippen LogP contribution in [-0.2, 0) is 9.47 Å². The molecule has 2 heterocycles. The highest BCUT2D eigenvalue weighted by molar-refractivity contribution is 9.10. The van der Waals surface area contributed by atoms with E-state index >= 15 is 0 Å². The van der Waals surface area contributed by atoms with E-state index in [1.165, 1.54) is 0 Å². The number of carbonyl (C=O) groups is 1. The minimum absolute atomic E-state index is 0.122. The second kappa shape index (κ2) is 8.94. The fourth-order valence-corrected chi connectivity index (χ4v) is 3.71. The molecule has 2 aliphatic heterocycles. The molecule has 0 aliphatic carbocycles. The SMILES string of the molecule is O=C(c1cccc(Br)c1)N(CCN1CCOCC1)C1CCOCC1. The molecule has 24 heavy (non-hydrogen) atoms. The molecule has 0 atom stereocenters. The molecule has 6 heteroatoms. The zero-order valence-electron chi connectivity index (χ0n) is 14.0. The van der Waals surface area contributed by atoms with Gasteiger partial charge in [-0.1, -0.05) is 22.0 Å². The summed E-state index contributed by atoms with van der Waals surface area (Å²) in [7, 11) is 0. The Balaban J connectivity index is 1.69. The third-order valence-corrected chi connectivity index (χ3v) is 5.22. The normalized spacial score (nSPS) is 20.0. The third kappa shape index (κ3) is 4.79. The van der Waals surface area contributed by atoms with Gasteiger partial charge in [0, 0.05) is 55.5 Å². The lowest BCUT2D eigenvalue weighted by molar-refractivity contribution is 0.0141. The van der Waals surface area contributed by atoms with E-state index in [9.17, 15) is 4.79 Å². The van der Waals surface area contributed by atoms with Gasteiger partial charge in [0.1, 0.15) is 0 Å². The number of carbonyl (C=O) groups excluding carboxylic acids is 1. The molecule has 2 fully saturated rings. The summed E-state index contributed by atoms with van der Waals surface area (Å²) in [5.41, 5.74) is 0.748. The number of morpholine rings is 1. The monoisotopic (exact) mass is 396 g/mol. The predicted octanol–water partition coefficient (Wildman–Crippen LogP) is 2.40. The van der Waals surface area contributed by atoms with Gasteiger partial charge in [-0.05, 0) is 31.0 Å². The maximum Gasteiger partial charge on any atom is 0.254 e. The largest absolute Gasteiger partial charge is 0.381 e. The van der Waals surface area contributed by atoms with Gasteiger partial charge in [0.25, 0.3) is 5.91 Å². The molecule has 5 nitrogen and oxygen atoms in total. The Labute approximate surface area is 152 Å². The molecular formula is C18H25BrN2O3. The van der Waals surface area contributed by atoms with Gasteiger partial charge in [0.15, 0.2) is 0 Å². The first-order chi connectivity index (χ1) is 11.7. The van der Waals surface area contributed by atoms with Crippen LogP contribution in [0, 0.1) is 0 Å². The zero-order chi connectivity index (χ0) is 16.8. The van der Waals surface area contributed by atoms with Gasteiger partial charge >= 0.3 is 0 Å². The van der Waals surface area contributed by atoms with Gasteiger partial charge < -0.3 is 14.4 Å². The first kappa shape index (κ1) is 17.9. The summed E-state index contributed by atoms with van der Waals surface area (Å²) in [6.07, 6.45) is 1.84. The van der Waals surface area contributed by atoms with Crippen molar-refractivity contribution in [3.8, 4) is 0 Å². The van der Waals surface area contributed by atoms with Gasteiger partial charge in [-0.25, -0.2) is 0 Å². The summed E-state index contributed by atoms with van der Waals surface area (Å²) in [6, 6.07) is 7.94. The van der Waals surface area contributed by atoms with Crippen LogP contribution in [0.5, 0.6) is 0 Å². The summed E-state index contributed by atoms with van der Waals surface area (Å²) in [5.74, 6) is 0.122. The van der Waals surface area contributed by atoms with Crippen molar-refractivity contribution in [1.82, 2.24) is 9.80 Å². The highest BCUT2D eigenvalue weighted by Gasteiger charge is 2.27. The van der Waals surface area contributed by atoms with Gasteiger partial charge in [-0.2, -0.15) is 0 Å². The zero-order valence-corrected chi connectivity index (χ0v) is 15.5. The van der Waals surface area contributed by atoms with Gasteiger partial charge in [0.05, 0.1) is 13.2 Å². The number of benzene rings is 1. The quantitative estimate of drug-likeness (QED) is 0.766. The fourth-order valence-electron chi connectivity index (χ4n) is 3.31. The lowest BCUT2D eigenvalue weighted by Gasteiger charge is -2.36. The van der Waals surface area contributed by atoms with Gasteiger partial charge in [-0.15, -0.1) is 0 Å². The second-order valence-electron chi connectivity index (χ2n) is 6.31. The first-order valence-electron chi connectivity index (χ1n) is 8.68. The highest BCUT2D eigenvalue weighted by atomic mass is 79.9. The van der Waals surface area contributed by atoms with Crippen molar-refractivity contribution >= 4 is 21.8 Å². The Morgan fingerprint density at radius 1 is 1.17 bits per heavy atom. The van der Waals surface area contributed by atoms with Crippen LogP contribution < -0.4 is 0 Å². The molecule has 0 aromatic heterocycles. The van der Waals surface area contributed by atoms with E-state index in [4.69, 9.17) is 9.47 Å². The molecule has 0 N–H and O–H groups in total. The summed E-state index contributed by atoms with van der Waals surface area (Å²) < 4.78 is 11.8. The first-order valence-corrected chi connectivity index (χ1v) is 9.48. The van der Waals surface area contributed by atoms with Crippen molar-refractivity contribution in [2.75, 3.05) is 52.6 Å². The highest BCUT2D eigenvalue weighted by Crippen LogP contribution is 2.20. The lowest BCUT2D eigenvalue weighted by atomic mass is 10.1. The molecule has 132 valence electrons. The van der Waals surface area contributed by atoms with Crippen molar-refractivity contribution in [3.63, 3.8) is 0 Å². The van der Waals surface area contributed by atoms with E-state index < -0.39 is 0 Å². The number of rotatable bonds is 5. The topological polar surface area (TPSA) is 42.0 Å². The van der Waals surface area contributed by atoms with Crippen molar-refractivity contribution in [3.05, 3.63) is 34.3 Å². The van der Waals surface area contributed by atoms with Crippen molar-refractivity contribution in [2.45, 2.75) is 18.9 Å². The van der Waals surface area contributed by atoms with Crippen molar-refractivity contribution < 1.29 is 14.3 Å². The smallest absolute Gasteiger partial charge is 0.254 e. The van der Waals surface area contributed by atoms with Crippen LogP contribution in [0.3, 0.4) is 0 Å². The summed E-state index contributed by atoms with van der Waals surface area (Å²) in [6.45, 7) is 6.62.